The summed E-state index contributed by atoms with van der Waals surface area (Å²) in [5, 5.41) is 15.8. The fourth-order valence-electron chi connectivity index (χ4n) is 1.57. The fraction of sp³-hybridized carbons (Fsp3) is 0.667. The molecular weight excluding hydrogens is 276 g/mol. The fourth-order valence-corrected chi connectivity index (χ4v) is 1.57. The molecule has 0 spiro atoms. The predicted octanol–water partition coefficient (Wildman–Crippen LogP) is 3.25. The minimum Gasteiger partial charge on any atom is -0.396 e. The highest BCUT2D eigenvalue weighted by molar-refractivity contribution is 5.50. The number of hydrogen-bond acceptors (Lipinski definition) is 4. The van der Waals surface area contributed by atoms with Crippen molar-refractivity contribution in [1.29, 1.82) is 0 Å². The summed E-state index contributed by atoms with van der Waals surface area (Å²) in [5.74, 6) is 0. The van der Waals surface area contributed by atoms with Gasteiger partial charge in [0.2, 0.25) is 0 Å². The molecule has 1 unspecified atom stereocenters. The van der Waals surface area contributed by atoms with E-state index in [-0.39, 0.29) is 6.04 Å². The largest absolute Gasteiger partial charge is 0.396 e. The van der Waals surface area contributed by atoms with Gasteiger partial charge in [-0.15, -0.1) is 0 Å². The average Bonchev–Trinajstić information content (AvgIpc) is 2.54. The van der Waals surface area contributed by atoms with Gasteiger partial charge < -0.3 is 20.8 Å². The zero-order valence-corrected chi connectivity index (χ0v) is 15.3. The van der Waals surface area contributed by atoms with E-state index < -0.39 is 0 Å². The van der Waals surface area contributed by atoms with Crippen molar-refractivity contribution < 1.29 is 10.2 Å². The van der Waals surface area contributed by atoms with Crippen LogP contribution in [0.25, 0.3) is 0 Å². The molecule has 1 aromatic carbocycles. The van der Waals surface area contributed by atoms with Gasteiger partial charge in [0.15, 0.2) is 0 Å². The molecule has 4 heteroatoms. The van der Waals surface area contributed by atoms with Crippen molar-refractivity contribution in [2.24, 2.45) is 5.73 Å². The summed E-state index contributed by atoms with van der Waals surface area (Å²) in [7, 11) is 4.10. The molecule has 0 bridgehead atoms. The van der Waals surface area contributed by atoms with E-state index in [0.717, 1.165) is 19.3 Å². The van der Waals surface area contributed by atoms with E-state index in [4.69, 9.17) is 15.9 Å². The van der Waals surface area contributed by atoms with Crippen LogP contribution >= 0.6 is 0 Å². The van der Waals surface area contributed by atoms with Crippen molar-refractivity contribution >= 4 is 5.69 Å². The van der Waals surface area contributed by atoms with Crippen molar-refractivity contribution in [2.45, 2.75) is 53.0 Å². The van der Waals surface area contributed by atoms with Crippen LogP contribution in [0.15, 0.2) is 18.2 Å². The van der Waals surface area contributed by atoms with Gasteiger partial charge in [-0.25, -0.2) is 0 Å². The average molecular weight is 312 g/mol. The molecule has 4 nitrogen and oxygen atoms in total. The summed E-state index contributed by atoms with van der Waals surface area (Å²) in [6, 6.07) is 6.62. The van der Waals surface area contributed by atoms with Crippen LogP contribution in [0.5, 0.6) is 0 Å². The lowest BCUT2D eigenvalue weighted by Crippen LogP contribution is -2.12. The molecule has 0 fully saturated rings. The van der Waals surface area contributed by atoms with Crippen molar-refractivity contribution in [3.63, 3.8) is 0 Å². The first kappa shape index (κ1) is 23.2. The van der Waals surface area contributed by atoms with E-state index in [1.807, 2.05) is 27.9 Å². The second-order valence-corrected chi connectivity index (χ2v) is 5.40. The number of anilines is 1. The molecule has 0 aliphatic rings. The highest BCUT2D eigenvalue weighted by atomic mass is 16.3. The van der Waals surface area contributed by atoms with Crippen molar-refractivity contribution in [3.8, 4) is 0 Å². The Morgan fingerprint density at radius 2 is 1.50 bits per heavy atom. The van der Waals surface area contributed by atoms with Crippen LogP contribution < -0.4 is 10.6 Å². The Morgan fingerprint density at radius 3 is 1.77 bits per heavy atom. The maximum Gasteiger partial charge on any atom is 0.0428 e. The van der Waals surface area contributed by atoms with Crippen LogP contribution in [0.3, 0.4) is 0 Å². The van der Waals surface area contributed by atoms with E-state index in [0.29, 0.717) is 13.2 Å². The second-order valence-electron chi connectivity index (χ2n) is 5.40. The normalized spacial score (nSPS) is 10.8. The minimum atomic E-state index is 0.172. The lowest BCUT2D eigenvalue weighted by Gasteiger charge is -2.17. The lowest BCUT2D eigenvalue weighted by molar-refractivity contribution is 0.294. The van der Waals surface area contributed by atoms with Gasteiger partial charge in [0, 0.05) is 39.0 Å². The molecule has 0 amide bonds. The van der Waals surface area contributed by atoms with Gasteiger partial charge in [0.25, 0.3) is 0 Å². The number of aliphatic hydroxyl groups is 2. The molecule has 0 aromatic heterocycles. The Balaban J connectivity index is 0. The zero-order valence-electron chi connectivity index (χ0n) is 15.3. The van der Waals surface area contributed by atoms with E-state index in [2.05, 4.69) is 36.9 Å². The van der Waals surface area contributed by atoms with Gasteiger partial charge >= 0.3 is 0 Å². The van der Waals surface area contributed by atoms with E-state index in [1.54, 1.807) is 0 Å². The Labute approximate surface area is 137 Å². The van der Waals surface area contributed by atoms with Gasteiger partial charge in [-0.1, -0.05) is 26.8 Å². The molecule has 0 heterocycles. The first-order valence-electron chi connectivity index (χ1n) is 8.14. The number of rotatable bonds is 5. The quantitative estimate of drug-likeness (QED) is 0.780. The smallest absolute Gasteiger partial charge is 0.0428 e. The van der Waals surface area contributed by atoms with Gasteiger partial charge in [-0.3, -0.25) is 0 Å². The number of nitrogens with zero attached hydrogens (tertiary/aromatic N) is 1. The summed E-state index contributed by atoms with van der Waals surface area (Å²) in [6.45, 7) is 8.74. The molecule has 4 N–H and O–H groups in total. The maximum atomic E-state index is 7.88. The first-order valence-corrected chi connectivity index (χ1v) is 8.14. The first-order chi connectivity index (χ1) is 10.4. The third kappa shape index (κ3) is 10.6. The van der Waals surface area contributed by atoms with Crippen LogP contribution in [0.2, 0.25) is 0 Å². The molecule has 0 saturated carbocycles. The topological polar surface area (TPSA) is 69.7 Å². The molecule has 0 radical (unpaired) electrons. The standard InChI is InChI=1S/C12H20N2.2C3H8O/c1-5-12(13)11-7-6-10(14(3)4)8-9(11)2;2*1-2-3-4/h6-8,12H,5,13H2,1-4H3;2*4H,2-3H2,1H3. The Morgan fingerprint density at radius 1 is 1.05 bits per heavy atom. The van der Waals surface area contributed by atoms with Crippen LogP contribution in [-0.2, 0) is 0 Å². The maximum absolute atomic E-state index is 7.88. The summed E-state index contributed by atoms with van der Waals surface area (Å²) in [6.07, 6.45) is 2.74. The molecule has 0 aliphatic carbocycles. The SMILES string of the molecule is CCC(N)c1ccc(N(C)C)cc1C.CCCO.CCCO. The monoisotopic (exact) mass is 312 g/mol. The predicted molar refractivity (Wildman–Crippen MR) is 97.5 cm³/mol. The molecule has 0 saturated heterocycles. The van der Waals surface area contributed by atoms with Crippen molar-refractivity contribution in [1.82, 2.24) is 0 Å². The Kier molecular flexibility index (Phi) is 15.6. The number of aryl methyl sites for hydroxylation is 1. The second kappa shape index (κ2) is 14.8. The Bertz CT molecular complexity index is 360. The highest BCUT2D eigenvalue weighted by Crippen LogP contribution is 2.22. The summed E-state index contributed by atoms with van der Waals surface area (Å²) in [5.41, 5.74) is 9.78. The highest BCUT2D eigenvalue weighted by Gasteiger charge is 2.07. The molecule has 130 valence electrons. The van der Waals surface area contributed by atoms with E-state index in [9.17, 15) is 0 Å². The van der Waals surface area contributed by atoms with Gasteiger partial charge in [0.1, 0.15) is 0 Å². The van der Waals surface area contributed by atoms with Crippen LogP contribution in [0.1, 0.15) is 57.2 Å². The van der Waals surface area contributed by atoms with Crippen LogP contribution in [0.4, 0.5) is 5.69 Å². The molecule has 0 aliphatic heterocycles. The lowest BCUT2D eigenvalue weighted by atomic mass is 9.99. The minimum absolute atomic E-state index is 0.172. The number of hydrogen-bond donors (Lipinski definition) is 3. The summed E-state index contributed by atoms with van der Waals surface area (Å²) >= 11 is 0. The van der Waals surface area contributed by atoms with Crippen LogP contribution in [0, 0.1) is 6.92 Å². The van der Waals surface area contributed by atoms with Crippen LogP contribution in [-0.4, -0.2) is 37.5 Å². The third-order valence-electron chi connectivity index (χ3n) is 3.06. The van der Waals surface area contributed by atoms with E-state index >= 15 is 0 Å². The third-order valence-corrected chi connectivity index (χ3v) is 3.06. The van der Waals surface area contributed by atoms with E-state index in [1.165, 1.54) is 16.8 Å². The number of aliphatic hydroxyl groups excluding tert-OH is 2. The molecule has 1 aromatic rings. The Hall–Kier alpha value is -1.10. The number of nitrogens with two attached hydrogens (primary N) is 1. The molecule has 22 heavy (non-hydrogen) atoms. The van der Waals surface area contributed by atoms with Gasteiger partial charge in [-0.05, 0) is 49.4 Å². The summed E-state index contributed by atoms with van der Waals surface area (Å²) in [4.78, 5) is 2.11. The zero-order chi connectivity index (χ0) is 17.5. The number of benzene rings is 1. The van der Waals surface area contributed by atoms with Crippen molar-refractivity contribution in [3.05, 3.63) is 29.3 Å². The molecule has 1 rings (SSSR count). The van der Waals surface area contributed by atoms with Gasteiger partial charge in [0.05, 0.1) is 0 Å². The van der Waals surface area contributed by atoms with Crippen molar-refractivity contribution in [2.75, 3.05) is 32.2 Å². The summed E-state index contributed by atoms with van der Waals surface area (Å²) < 4.78 is 0. The molecule has 1 atom stereocenters. The van der Waals surface area contributed by atoms with Gasteiger partial charge in [-0.2, -0.15) is 0 Å². The molecular formula is C18H36N2O2.